The number of anilines is 2. The second-order valence-electron chi connectivity index (χ2n) is 7.52. The summed E-state index contributed by atoms with van der Waals surface area (Å²) in [4.78, 5) is 28.4. The number of halogens is 1. The molecule has 0 aromatic heterocycles. The predicted molar refractivity (Wildman–Crippen MR) is 128 cm³/mol. The summed E-state index contributed by atoms with van der Waals surface area (Å²) in [5.41, 5.74) is 4.12. The molecule has 162 valence electrons. The fourth-order valence-electron chi connectivity index (χ4n) is 3.69. The molecule has 1 heterocycles. The largest absolute Gasteiger partial charge is 0.494 e. The first kappa shape index (κ1) is 21.7. The lowest BCUT2D eigenvalue weighted by Crippen LogP contribution is -2.33. The Bertz CT molecular complexity index is 1230. The monoisotopic (exact) mass is 446 g/mol. The Balaban J connectivity index is 1.84. The van der Waals surface area contributed by atoms with Crippen LogP contribution in [-0.4, -0.2) is 18.4 Å². The summed E-state index contributed by atoms with van der Waals surface area (Å²) in [6, 6.07) is 19.9. The van der Waals surface area contributed by atoms with Crippen molar-refractivity contribution in [2.24, 2.45) is 0 Å². The van der Waals surface area contributed by atoms with Gasteiger partial charge in [0.2, 0.25) is 0 Å². The summed E-state index contributed by atoms with van der Waals surface area (Å²) in [6.07, 6.45) is 0. The number of ether oxygens (including phenoxy) is 1. The van der Waals surface area contributed by atoms with Gasteiger partial charge in [-0.2, -0.15) is 0 Å². The minimum absolute atomic E-state index is 0.216. The molecular formula is C26H23ClN2O3. The van der Waals surface area contributed by atoms with E-state index < -0.39 is 5.91 Å². The average molecular weight is 447 g/mol. The molecule has 0 atom stereocenters. The molecule has 1 aliphatic rings. The molecule has 0 unspecified atom stereocenters. The predicted octanol–water partition coefficient (Wildman–Crippen LogP) is 5.75. The number of carbonyl (C=O) groups excluding carboxylic acids is 2. The molecule has 6 heteroatoms. The molecular weight excluding hydrogens is 424 g/mol. The number of nitrogens with zero attached hydrogens (tertiary/aromatic N) is 1. The van der Waals surface area contributed by atoms with Crippen LogP contribution in [0.3, 0.4) is 0 Å². The van der Waals surface area contributed by atoms with E-state index in [1.54, 1.807) is 42.5 Å². The summed E-state index contributed by atoms with van der Waals surface area (Å²) in [6.45, 7) is 6.24. The van der Waals surface area contributed by atoms with Crippen LogP contribution in [0.4, 0.5) is 11.4 Å². The number of nitrogens with one attached hydrogen (secondary N) is 1. The molecule has 0 saturated heterocycles. The van der Waals surface area contributed by atoms with Crippen molar-refractivity contribution >= 4 is 40.4 Å². The zero-order valence-electron chi connectivity index (χ0n) is 18.1. The number of aryl methyl sites for hydroxylation is 2. The lowest BCUT2D eigenvalue weighted by molar-refractivity contribution is -0.120. The Hall–Kier alpha value is -3.57. The highest BCUT2D eigenvalue weighted by Crippen LogP contribution is 2.36. The molecule has 2 amide bonds. The molecule has 0 bridgehead atoms. The third kappa shape index (κ3) is 3.99. The van der Waals surface area contributed by atoms with Crippen molar-refractivity contribution in [3.63, 3.8) is 0 Å². The molecule has 1 N–H and O–H groups in total. The Morgan fingerprint density at radius 3 is 2.31 bits per heavy atom. The molecule has 0 spiro atoms. The molecule has 0 radical (unpaired) electrons. The first-order chi connectivity index (χ1) is 15.4. The zero-order valence-corrected chi connectivity index (χ0v) is 18.9. The van der Waals surface area contributed by atoms with Crippen LogP contribution in [0.15, 0.2) is 72.4 Å². The Labute approximate surface area is 192 Å². The van der Waals surface area contributed by atoms with Crippen LogP contribution in [0.5, 0.6) is 5.75 Å². The van der Waals surface area contributed by atoms with Gasteiger partial charge in [-0.3, -0.25) is 9.59 Å². The third-order valence-corrected chi connectivity index (χ3v) is 5.59. The zero-order chi connectivity index (χ0) is 22.8. The van der Waals surface area contributed by atoms with Crippen molar-refractivity contribution in [1.29, 1.82) is 0 Å². The van der Waals surface area contributed by atoms with E-state index in [1.165, 1.54) is 4.90 Å². The highest BCUT2D eigenvalue weighted by Gasteiger charge is 2.40. The highest BCUT2D eigenvalue weighted by atomic mass is 35.5. The Morgan fingerprint density at radius 1 is 0.906 bits per heavy atom. The van der Waals surface area contributed by atoms with Gasteiger partial charge >= 0.3 is 0 Å². The maximum Gasteiger partial charge on any atom is 0.282 e. The maximum absolute atomic E-state index is 13.6. The molecule has 1 aliphatic heterocycles. The lowest BCUT2D eigenvalue weighted by Gasteiger charge is -2.18. The van der Waals surface area contributed by atoms with Crippen LogP contribution in [0, 0.1) is 13.8 Å². The van der Waals surface area contributed by atoms with Gasteiger partial charge in [0.15, 0.2) is 0 Å². The van der Waals surface area contributed by atoms with Gasteiger partial charge in [0.1, 0.15) is 11.4 Å². The number of amides is 2. The molecule has 0 aliphatic carbocycles. The van der Waals surface area contributed by atoms with E-state index in [2.05, 4.69) is 5.32 Å². The summed E-state index contributed by atoms with van der Waals surface area (Å²) in [5.74, 6) is -0.0900. The van der Waals surface area contributed by atoms with E-state index in [4.69, 9.17) is 16.3 Å². The van der Waals surface area contributed by atoms with E-state index in [1.807, 2.05) is 45.0 Å². The normalized spacial score (nSPS) is 13.7. The van der Waals surface area contributed by atoms with Crippen LogP contribution in [-0.2, 0) is 9.59 Å². The average Bonchev–Trinajstić information content (AvgIpc) is 3.01. The van der Waals surface area contributed by atoms with Crippen molar-refractivity contribution in [2.45, 2.75) is 20.8 Å². The van der Waals surface area contributed by atoms with E-state index in [-0.39, 0.29) is 11.6 Å². The molecule has 5 nitrogen and oxygen atoms in total. The van der Waals surface area contributed by atoms with Crippen molar-refractivity contribution in [1.82, 2.24) is 0 Å². The Kier molecular flexibility index (Phi) is 6.01. The van der Waals surface area contributed by atoms with Gasteiger partial charge in [-0.05, 0) is 67.8 Å². The van der Waals surface area contributed by atoms with Crippen molar-refractivity contribution in [3.8, 4) is 5.75 Å². The van der Waals surface area contributed by atoms with Gasteiger partial charge < -0.3 is 10.1 Å². The summed E-state index contributed by atoms with van der Waals surface area (Å²) in [5, 5.41) is 3.73. The van der Waals surface area contributed by atoms with E-state index in [9.17, 15) is 9.59 Å². The molecule has 0 saturated carbocycles. The number of benzene rings is 3. The second kappa shape index (κ2) is 8.89. The van der Waals surface area contributed by atoms with Gasteiger partial charge in [-0.15, -0.1) is 0 Å². The van der Waals surface area contributed by atoms with E-state index in [0.29, 0.717) is 39.9 Å². The fraction of sp³-hybridized carbons (Fsp3) is 0.154. The first-order valence-electron chi connectivity index (χ1n) is 10.4. The quantitative estimate of drug-likeness (QED) is 0.489. The van der Waals surface area contributed by atoms with Gasteiger partial charge in [-0.1, -0.05) is 48.0 Å². The molecule has 4 rings (SSSR count). The minimum atomic E-state index is -0.410. The number of carbonyl (C=O) groups is 2. The van der Waals surface area contributed by atoms with E-state index in [0.717, 1.165) is 11.1 Å². The summed E-state index contributed by atoms with van der Waals surface area (Å²) in [7, 11) is 0. The van der Waals surface area contributed by atoms with E-state index >= 15 is 0 Å². The molecule has 3 aromatic carbocycles. The lowest BCUT2D eigenvalue weighted by atomic mass is 10.0. The topological polar surface area (TPSA) is 58.6 Å². The Morgan fingerprint density at radius 2 is 1.62 bits per heavy atom. The van der Waals surface area contributed by atoms with Crippen molar-refractivity contribution < 1.29 is 14.3 Å². The first-order valence-corrected chi connectivity index (χ1v) is 10.7. The summed E-state index contributed by atoms with van der Waals surface area (Å²) < 4.78 is 5.52. The number of imide groups is 1. The van der Waals surface area contributed by atoms with Crippen LogP contribution in [0.25, 0.3) is 5.57 Å². The summed E-state index contributed by atoms with van der Waals surface area (Å²) >= 11 is 6.18. The highest BCUT2D eigenvalue weighted by molar-refractivity contribution is 6.46. The number of hydrogen-bond acceptors (Lipinski definition) is 4. The van der Waals surface area contributed by atoms with Crippen molar-refractivity contribution in [2.75, 3.05) is 16.8 Å². The van der Waals surface area contributed by atoms with Crippen LogP contribution >= 0.6 is 11.6 Å². The van der Waals surface area contributed by atoms with Crippen molar-refractivity contribution in [3.05, 3.63) is 94.1 Å². The van der Waals surface area contributed by atoms with Crippen LogP contribution in [0.2, 0.25) is 5.02 Å². The number of hydrogen-bond donors (Lipinski definition) is 1. The fourth-order valence-corrected chi connectivity index (χ4v) is 3.87. The van der Waals surface area contributed by atoms with Gasteiger partial charge in [0.25, 0.3) is 11.8 Å². The standard InChI is InChI=1S/C26H23ClN2O3/c1-4-32-20-13-10-18(11-14-20)23-24(28-21-15-19(27)12-9-16(21)2)26(31)29(25(23)30)22-8-6-5-7-17(22)3/h5-15,28H,4H2,1-3H3. The second-order valence-corrected chi connectivity index (χ2v) is 7.96. The number of rotatable bonds is 6. The SMILES string of the molecule is CCOc1ccc(C2=C(Nc3cc(Cl)ccc3C)C(=O)N(c3ccccc3C)C2=O)cc1. The molecule has 32 heavy (non-hydrogen) atoms. The van der Waals surface area contributed by atoms with Gasteiger partial charge in [-0.25, -0.2) is 4.90 Å². The molecule has 0 fully saturated rings. The van der Waals surface area contributed by atoms with Crippen LogP contribution in [0.1, 0.15) is 23.6 Å². The maximum atomic E-state index is 13.6. The third-order valence-electron chi connectivity index (χ3n) is 5.35. The number of para-hydroxylation sites is 1. The molecule has 3 aromatic rings. The van der Waals surface area contributed by atoms with Crippen LogP contribution < -0.4 is 15.0 Å². The smallest absolute Gasteiger partial charge is 0.282 e. The van der Waals surface area contributed by atoms with Gasteiger partial charge in [0.05, 0.1) is 17.9 Å². The minimum Gasteiger partial charge on any atom is -0.494 e. The van der Waals surface area contributed by atoms with Gasteiger partial charge in [0, 0.05) is 10.7 Å².